The summed E-state index contributed by atoms with van der Waals surface area (Å²) < 4.78 is 11.0. The molecule has 0 fully saturated rings. The zero-order valence-electron chi connectivity index (χ0n) is 21.7. The zero-order valence-corrected chi connectivity index (χ0v) is 21.7. The van der Waals surface area contributed by atoms with Gasteiger partial charge in [-0.05, 0) is 98.2 Å². The van der Waals surface area contributed by atoms with Crippen molar-refractivity contribution in [3.05, 3.63) is 106 Å². The summed E-state index contributed by atoms with van der Waals surface area (Å²) in [5.74, 6) is 1.75. The minimum absolute atomic E-state index is 0.877. The summed E-state index contributed by atoms with van der Waals surface area (Å²) in [6, 6.07) is 25.1. The highest BCUT2D eigenvalue weighted by molar-refractivity contribution is 5.81. The highest BCUT2D eigenvalue weighted by Gasteiger charge is 2.15. The Morgan fingerprint density at radius 2 is 0.588 bits per heavy atom. The van der Waals surface area contributed by atoms with Crippen LogP contribution in [0, 0.1) is 41.5 Å². The van der Waals surface area contributed by atoms with Crippen molar-refractivity contribution >= 4 is 0 Å². The van der Waals surface area contributed by atoms with Crippen molar-refractivity contribution in [1.29, 1.82) is 0 Å². The van der Waals surface area contributed by atoms with Crippen LogP contribution in [0.3, 0.4) is 0 Å². The van der Waals surface area contributed by atoms with Crippen LogP contribution in [-0.2, 0) is 0 Å². The highest BCUT2D eigenvalue weighted by atomic mass is 16.5. The van der Waals surface area contributed by atoms with Gasteiger partial charge in [0.15, 0.2) is 0 Å². The molecule has 4 rings (SSSR count). The maximum absolute atomic E-state index is 5.48. The minimum atomic E-state index is 0.877. The van der Waals surface area contributed by atoms with Crippen LogP contribution in [0.5, 0.6) is 11.5 Å². The molecular weight excluding hydrogens is 416 g/mol. The van der Waals surface area contributed by atoms with Gasteiger partial charge in [0.25, 0.3) is 0 Å². The Hall–Kier alpha value is -3.52. The molecule has 0 saturated carbocycles. The van der Waals surface area contributed by atoms with E-state index in [4.69, 9.17) is 9.47 Å². The van der Waals surface area contributed by atoms with Gasteiger partial charge >= 0.3 is 0 Å². The Labute approximate surface area is 205 Å². The van der Waals surface area contributed by atoms with Crippen LogP contribution in [0.1, 0.15) is 33.4 Å². The normalized spacial score (nSPS) is 10.4. The largest absolute Gasteiger partial charge is 0.496 e. The molecule has 0 aliphatic rings. The molecule has 0 aliphatic heterocycles. The predicted molar refractivity (Wildman–Crippen MR) is 145 cm³/mol. The van der Waals surface area contributed by atoms with Crippen LogP contribution in [0.15, 0.2) is 72.8 Å². The first-order valence-corrected chi connectivity index (χ1v) is 11.7. The van der Waals surface area contributed by atoms with Crippen LogP contribution < -0.4 is 9.47 Å². The number of hydrogen-bond acceptors (Lipinski definition) is 2. The van der Waals surface area contributed by atoms with Gasteiger partial charge in [-0.15, -0.1) is 0 Å². The highest BCUT2D eigenvalue weighted by Crippen LogP contribution is 2.40. The van der Waals surface area contributed by atoms with Gasteiger partial charge in [0.2, 0.25) is 0 Å². The van der Waals surface area contributed by atoms with Crippen molar-refractivity contribution in [2.24, 2.45) is 0 Å². The number of hydrogen-bond donors (Lipinski definition) is 0. The van der Waals surface area contributed by atoms with E-state index in [1.807, 2.05) is 24.3 Å². The Kier molecular flexibility index (Phi) is 8.17. The molecule has 34 heavy (non-hydrogen) atoms. The van der Waals surface area contributed by atoms with E-state index in [2.05, 4.69) is 90.1 Å². The van der Waals surface area contributed by atoms with Crippen molar-refractivity contribution in [3.8, 4) is 33.8 Å². The second-order valence-electron chi connectivity index (χ2n) is 8.84. The van der Waals surface area contributed by atoms with Crippen LogP contribution >= 0.6 is 0 Å². The molecular formula is C32H36O2. The first-order chi connectivity index (χ1) is 16.3. The minimum Gasteiger partial charge on any atom is -0.496 e. The molecule has 2 nitrogen and oxygen atoms in total. The summed E-state index contributed by atoms with van der Waals surface area (Å²) in [5.41, 5.74) is 12.8. The second-order valence-corrected chi connectivity index (χ2v) is 8.84. The summed E-state index contributed by atoms with van der Waals surface area (Å²) >= 11 is 0. The molecule has 0 spiro atoms. The van der Waals surface area contributed by atoms with Gasteiger partial charge in [-0.25, -0.2) is 0 Å². The van der Waals surface area contributed by atoms with E-state index in [0.717, 1.165) is 22.6 Å². The molecule has 0 bridgehead atoms. The maximum Gasteiger partial charge on any atom is 0.127 e. The first-order valence-electron chi connectivity index (χ1n) is 11.7. The lowest BCUT2D eigenvalue weighted by Crippen LogP contribution is -1.96. The summed E-state index contributed by atoms with van der Waals surface area (Å²) in [7, 11) is 3.39. The van der Waals surface area contributed by atoms with Gasteiger partial charge < -0.3 is 9.47 Å². The molecule has 0 aliphatic carbocycles. The van der Waals surface area contributed by atoms with Crippen molar-refractivity contribution in [2.45, 2.75) is 41.5 Å². The fraction of sp³-hybridized carbons (Fsp3) is 0.250. The molecule has 0 radical (unpaired) electrons. The van der Waals surface area contributed by atoms with E-state index in [-0.39, 0.29) is 0 Å². The third kappa shape index (κ3) is 5.17. The molecule has 0 heterocycles. The van der Waals surface area contributed by atoms with Gasteiger partial charge in [0.1, 0.15) is 11.5 Å². The van der Waals surface area contributed by atoms with Crippen molar-refractivity contribution in [3.63, 3.8) is 0 Å². The van der Waals surface area contributed by atoms with E-state index in [0.29, 0.717) is 0 Å². The average molecular weight is 453 g/mol. The van der Waals surface area contributed by atoms with Crippen molar-refractivity contribution < 1.29 is 9.47 Å². The van der Waals surface area contributed by atoms with Gasteiger partial charge in [0, 0.05) is 11.1 Å². The Morgan fingerprint density at radius 3 is 0.853 bits per heavy atom. The molecule has 0 saturated heterocycles. The van der Waals surface area contributed by atoms with Gasteiger partial charge in [0.05, 0.1) is 14.2 Å². The Bertz CT molecular complexity index is 1140. The molecule has 0 amide bonds. The fourth-order valence-electron chi connectivity index (χ4n) is 4.68. The SMILES string of the molecule is COc1cccc(C)c1-c1c(C)cccc1OC.Cc1cccc(C)c1-c1c(C)cccc1C. The molecule has 0 atom stereocenters. The smallest absolute Gasteiger partial charge is 0.127 e. The summed E-state index contributed by atoms with van der Waals surface area (Å²) in [4.78, 5) is 0. The lowest BCUT2D eigenvalue weighted by atomic mass is 9.90. The van der Waals surface area contributed by atoms with Crippen LogP contribution in [-0.4, -0.2) is 14.2 Å². The molecule has 0 N–H and O–H groups in total. The third-order valence-electron chi connectivity index (χ3n) is 6.37. The number of methoxy groups -OCH3 is 2. The fourth-order valence-corrected chi connectivity index (χ4v) is 4.68. The van der Waals surface area contributed by atoms with E-state index in [1.165, 1.54) is 44.5 Å². The van der Waals surface area contributed by atoms with E-state index in [1.54, 1.807) is 14.2 Å². The average Bonchev–Trinajstić information content (AvgIpc) is 2.81. The Morgan fingerprint density at radius 1 is 0.353 bits per heavy atom. The first kappa shape index (κ1) is 25.1. The quantitative estimate of drug-likeness (QED) is 0.309. The standard InChI is InChI=1S/C16H18O2.C16H18/c1-11-7-5-9-13(17-3)15(11)16-12(2)8-6-10-14(16)18-4;1-11-7-5-8-12(2)15(11)16-13(3)9-6-10-14(16)4/h5-10H,1-4H3;5-10H,1-4H3. The number of benzene rings is 4. The monoisotopic (exact) mass is 452 g/mol. The Balaban J connectivity index is 0.000000192. The third-order valence-corrected chi connectivity index (χ3v) is 6.37. The molecule has 4 aromatic rings. The lowest BCUT2D eigenvalue weighted by molar-refractivity contribution is 0.410. The van der Waals surface area contributed by atoms with Gasteiger partial charge in [-0.1, -0.05) is 60.7 Å². The summed E-state index contributed by atoms with van der Waals surface area (Å²) in [5, 5.41) is 0. The molecule has 0 unspecified atom stereocenters. The van der Waals surface area contributed by atoms with Gasteiger partial charge in [-0.3, -0.25) is 0 Å². The number of rotatable bonds is 4. The predicted octanol–water partition coefficient (Wildman–Crippen LogP) is 8.57. The van der Waals surface area contributed by atoms with Crippen LogP contribution in [0.4, 0.5) is 0 Å². The van der Waals surface area contributed by atoms with E-state index in [9.17, 15) is 0 Å². The van der Waals surface area contributed by atoms with E-state index < -0.39 is 0 Å². The molecule has 2 heteroatoms. The molecule has 0 aromatic heterocycles. The zero-order chi connectivity index (χ0) is 24.8. The van der Waals surface area contributed by atoms with Crippen LogP contribution in [0.25, 0.3) is 22.3 Å². The van der Waals surface area contributed by atoms with E-state index >= 15 is 0 Å². The summed E-state index contributed by atoms with van der Waals surface area (Å²) in [6.07, 6.45) is 0. The van der Waals surface area contributed by atoms with Crippen molar-refractivity contribution in [2.75, 3.05) is 14.2 Å². The van der Waals surface area contributed by atoms with Gasteiger partial charge in [-0.2, -0.15) is 0 Å². The molecule has 176 valence electrons. The number of aryl methyl sites for hydroxylation is 6. The number of ether oxygens (including phenoxy) is 2. The second kappa shape index (κ2) is 11.1. The van der Waals surface area contributed by atoms with Crippen molar-refractivity contribution in [1.82, 2.24) is 0 Å². The van der Waals surface area contributed by atoms with Crippen LogP contribution in [0.2, 0.25) is 0 Å². The maximum atomic E-state index is 5.48. The topological polar surface area (TPSA) is 18.5 Å². The molecule has 4 aromatic carbocycles. The summed E-state index contributed by atoms with van der Waals surface area (Å²) in [6.45, 7) is 12.9. The lowest BCUT2D eigenvalue weighted by Gasteiger charge is -2.16.